The van der Waals surface area contributed by atoms with Crippen molar-refractivity contribution in [1.82, 2.24) is 4.90 Å². The van der Waals surface area contributed by atoms with Gasteiger partial charge in [-0.15, -0.1) is 0 Å². The molecule has 2 aromatic rings. The maximum Gasteiger partial charge on any atom is 0.254 e. The summed E-state index contributed by atoms with van der Waals surface area (Å²) in [6.07, 6.45) is 7.46. The summed E-state index contributed by atoms with van der Waals surface area (Å²) in [5.74, 6) is 0.203. The highest BCUT2D eigenvalue weighted by atomic mass is 16.2. The highest BCUT2D eigenvalue weighted by Gasteiger charge is 2.39. The molecule has 5 rings (SSSR count). The summed E-state index contributed by atoms with van der Waals surface area (Å²) >= 11 is 0. The average Bonchev–Trinajstić information content (AvgIpc) is 3.44. The first-order valence-corrected chi connectivity index (χ1v) is 10.4. The Morgan fingerprint density at radius 1 is 1.04 bits per heavy atom. The minimum Gasteiger partial charge on any atom is -0.332 e. The number of aryl methyl sites for hydroxylation is 1. The molecular weight excluding hydrogens is 344 g/mol. The van der Waals surface area contributed by atoms with Gasteiger partial charge in [-0.2, -0.15) is 0 Å². The SMILES string of the molecule is Cc1cc(C(=O)N(C2CC2)C2CCC3=C(C=NC3)C2)ccc1-c1ccccc1. The lowest BCUT2D eigenvalue weighted by atomic mass is 9.88. The second kappa shape index (κ2) is 7.05. The number of aliphatic imine (C=N–C) groups is 1. The quantitative estimate of drug-likeness (QED) is 0.728. The van der Waals surface area contributed by atoms with Crippen LogP contribution in [-0.4, -0.2) is 35.7 Å². The maximum absolute atomic E-state index is 13.5. The van der Waals surface area contributed by atoms with E-state index < -0.39 is 0 Å². The zero-order valence-electron chi connectivity index (χ0n) is 16.4. The summed E-state index contributed by atoms with van der Waals surface area (Å²) in [5.41, 5.74) is 7.25. The topological polar surface area (TPSA) is 32.7 Å². The molecule has 3 heteroatoms. The Balaban J connectivity index is 1.41. The van der Waals surface area contributed by atoms with E-state index in [2.05, 4.69) is 53.2 Å². The number of hydrogen-bond donors (Lipinski definition) is 0. The van der Waals surface area contributed by atoms with Crippen molar-refractivity contribution in [1.29, 1.82) is 0 Å². The Hall–Kier alpha value is -2.68. The number of rotatable bonds is 4. The van der Waals surface area contributed by atoms with Crippen LogP contribution in [0, 0.1) is 6.92 Å². The first-order valence-electron chi connectivity index (χ1n) is 10.4. The number of nitrogens with zero attached hydrogens (tertiary/aromatic N) is 2. The summed E-state index contributed by atoms with van der Waals surface area (Å²) in [4.78, 5) is 20.1. The number of carbonyl (C=O) groups excluding carboxylic acids is 1. The Morgan fingerprint density at radius 2 is 1.86 bits per heavy atom. The zero-order valence-corrected chi connectivity index (χ0v) is 16.4. The number of benzene rings is 2. The molecule has 2 aliphatic carbocycles. The predicted octanol–water partition coefficient (Wildman–Crippen LogP) is 5.20. The summed E-state index contributed by atoms with van der Waals surface area (Å²) in [6, 6.07) is 17.3. The van der Waals surface area contributed by atoms with E-state index in [0.29, 0.717) is 12.1 Å². The van der Waals surface area contributed by atoms with E-state index in [0.717, 1.165) is 49.8 Å². The van der Waals surface area contributed by atoms with Crippen molar-refractivity contribution in [2.45, 2.75) is 51.1 Å². The van der Waals surface area contributed by atoms with Gasteiger partial charge in [0.05, 0.1) is 6.54 Å². The fourth-order valence-electron chi connectivity index (χ4n) is 4.70. The Labute approximate surface area is 166 Å². The number of amides is 1. The third-order valence-corrected chi connectivity index (χ3v) is 6.34. The van der Waals surface area contributed by atoms with Crippen LogP contribution in [0.4, 0.5) is 0 Å². The normalized spacial score (nSPS) is 21.0. The van der Waals surface area contributed by atoms with E-state index >= 15 is 0 Å². The molecular formula is C25H26N2O. The Bertz CT molecular complexity index is 969. The van der Waals surface area contributed by atoms with Gasteiger partial charge < -0.3 is 4.90 Å². The second-order valence-corrected chi connectivity index (χ2v) is 8.33. The summed E-state index contributed by atoms with van der Waals surface area (Å²) < 4.78 is 0. The molecule has 1 unspecified atom stereocenters. The van der Waals surface area contributed by atoms with Crippen LogP contribution in [-0.2, 0) is 0 Å². The maximum atomic E-state index is 13.5. The van der Waals surface area contributed by atoms with Crippen LogP contribution < -0.4 is 0 Å². The van der Waals surface area contributed by atoms with Crippen LogP contribution in [0.2, 0.25) is 0 Å². The van der Waals surface area contributed by atoms with Crippen molar-refractivity contribution >= 4 is 12.1 Å². The molecule has 142 valence electrons. The van der Waals surface area contributed by atoms with Crippen molar-refractivity contribution in [3.8, 4) is 11.1 Å². The third kappa shape index (κ3) is 3.19. The molecule has 1 saturated carbocycles. The van der Waals surface area contributed by atoms with Gasteiger partial charge in [-0.3, -0.25) is 9.79 Å². The molecule has 3 aliphatic rings. The van der Waals surface area contributed by atoms with Gasteiger partial charge in [0.2, 0.25) is 0 Å². The van der Waals surface area contributed by atoms with Gasteiger partial charge in [0, 0.05) is 23.9 Å². The lowest BCUT2D eigenvalue weighted by Crippen LogP contribution is -2.43. The molecule has 28 heavy (non-hydrogen) atoms. The summed E-state index contributed by atoms with van der Waals surface area (Å²) in [7, 11) is 0. The second-order valence-electron chi connectivity index (χ2n) is 8.33. The summed E-state index contributed by atoms with van der Waals surface area (Å²) in [5, 5.41) is 0. The van der Waals surface area contributed by atoms with Crippen LogP contribution in [0.25, 0.3) is 11.1 Å². The van der Waals surface area contributed by atoms with Crippen molar-refractivity contribution in [3.63, 3.8) is 0 Å². The van der Waals surface area contributed by atoms with Crippen LogP contribution in [0.1, 0.15) is 48.0 Å². The molecule has 0 aromatic heterocycles. The van der Waals surface area contributed by atoms with E-state index in [1.165, 1.54) is 22.3 Å². The molecule has 1 fully saturated rings. The standard InChI is InChI=1S/C25H26N2O/c1-17-13-19(8-12-24(17)18-5-3-2-4-6-18)25(28)27(22-10-11-22)23-9-7-20-15-26-16-21(20)14-23/h2-6,8,12-13,16,22-23H,7,9-11,14-15H2,1H3. The molecule has 1 aliphatic heterocycles. The molecule has 0 saturated heterocycles. The molecule has 1 amide bonds. The first kappa shape index (κ1) is 17.4. The predicted molar refractivity (Wildman–Crippen MR) is 114 cm³/mol. The number of carbonyl (C=O) groups is 1. The molecule has 1 atom stereocenters. The Kier molecular flexibility index (Phi) is 4.38. The van der Waals surface area contributed by atoms with Gasteiger partial charge in [-0.1, -0.05) is 36.4 Å². The van der Waals surface area contributed by atoms with Crippen molar-refractivity contribution < 1.29 is 4.79 Å². The monoisotopic (exact) mass is 370 g/mol. The fourth-order valence-corrected chi connectivity index (χ4v) is 4.70. The van der Waals surface area contributed by atoms with Gasteiger partial charge in [0.25, 0.3) is 5.91 Å². The summed E-state index contributed by atoms with van der Waals surface area (Å²) in [6.45, 7) is 2.98. The van der Waals surface area contributed by atoms with Crippen LogP contribution in [0.3, 0.4) is 0 Å². The average molecular weight is 370 g/mol. The van der Waals surface area contributed by atoms with Gasteiger partial charge in [-0.25, -0.2) is 0 Å². The van der Waals surface area contributed by atoms with Gasteiger partial charge >= 0.3 is 0 Å². The van der Waals surface area contributed by atoms with E-state index in [9.17, 15) is 4.79 Å². The van der Waals surface area contributed by atoms with Crippen molar-refractivity contribution in [3.05, 3.63) is 70.8 Å². The largest absolute Gasteiger partial charge is 0.332 e. The number of hydrogen-bond acceptors (Lipinski definition) is 2. The third-order valence-electron chi connectivity index (χ3n) is 6.34. The van der Waals surface area contributed by atoms with E-state index in [1.807, 2.05) is 18.3 Å². The highest BCUT2D eigenvalue weighted by Crippen LogP contribution is 2.37. The minimum absolute atomic E-state index is 0.203. The first-order chi connectivity index (χ1) is 13.7. The van der Waals surface area contributed by atoms with Gasteiger partial charge in [-0.05, 0) is 79.0 Å². The van der Waals surface area contributed by atoms with E-state index in [4.69, 9.17) is 0 Å². The lowest BCUT2D eigenvalue weighted by Gasteiger charge is -2.35. The van der Waals surface area contributed by atoms with E-state index in [-0.39, 0.29) is 5.91 Å². The molecule has 0 radical (unpaired) electrons. The smallest absolute Gasteiger partial charge is 0.254 e. The molecule has 0 spiro atoms. The molecule has 0 bridgehead atoms. The van der Waals surface area contributed by atoms with E-state index in [1.54, 1.807) is 0 Å². The molecule has 2 aromatic carbocycles. The van der Waals surface area contributed by atoms with Crippen LogP contribution in [0.15, 0.2) is 64.7 Å². The minimum atomic E-state index is 0.203. The van der Waals surface area contributed by atoms with Crippen molar-refractivity contribution in [2.24, 2.45) is 4.99 Å². The van der Waals surface area contributed by atoms with Gasteiger partial charge in [0.1, 0.15) is 0 Å². The highest BCUT2D eigenvalue weighted by molar-refractivity contribution is 5.96. The lowest BCUT2D eigenvalue weighted by molar-refractivity contribution is 0.0645. The fraction of sp³-hybridized carbons (Fsp3) is 0.360. The molecule has 3 nitrogen and oxygen atoms in total. The van der Waals surface area contributed by atoms with Crippen LogP contribution >= 0.6 is 0 Å². The molecule has 0 N–H and O–H groups in total. The van der Waals surface area contributed by atoms with Crippen molar-refractivity contribution in [2.75, 3.05) is 6.54 Å². The zero-order chi connectivity index (χ0) is 19.1. The Morgan fingerprint density at radius 3 is 2.61 bits per heavy atom. The van der Waals surface area contributed by atoms with Gasteiger partial charge in [0.15, 0.2) is 0 Å². The van der Waals surface area contributed by atoms with Crippen LogP contribution in [0.5, 0.6) is 0 Å². The molecule has 1 heterocycles.